The molecule has 0 radical (unpaired) electrons. The first-order chi connectivity index (χ1) is 25.1. The van der Waals surface area contributed by atoms with Crippen LogP contribution in [0.25, 0.3) is 0 Å². The number of carbonyl (C=O) groups excluding carboxylic acids is 5. The Balaban J connectivity index is 1.17. The molecule has 0 bridgehead atoms. The van der Waals surface area contributed by atoms with Crippen molar-refractivity contribution < 1.29 is 57.1 Å². The topological polar surface area (TPSA) is 150 Å². The van der Waals surface area contributed by atoms with E-state index in [9.17, 15) is 24.0 Å². The minimum atomic E-state index is -0.604. The molecule has 0 spiro atoms. The zero-order valence-electron chi connectivity index (χ0n) is 28.6. The molecule has 0 unspecified atom stereocenters. The number of esters is 5. The summed E-state index contributed by atoms with van der Waals surface area (Å²) in [7, 11) is 0. The first kappa shape index (κ1) is 38.4. The largest absolute Gasteiger partial charge is 0.494 e. The molecule has 0 atom stereocenters. The number of allylic oxidation sites excluding steroid dienone is 4. The highest BCUT2D eigenvalue weighted by Gasteiger charge is 2.18. The SMILES string of the molecule is C=CC(=O)OCCCCOc1ccc(C(=O)OC2=CC=C(OC(=O)c3ccc(OC(=O)c4ccc(OCCOC(=O)C(=C)C)cc4)cc3)CC2)cc1. The summed E-state index contributed by atoms with van der Waals surface area (Å²) in [5.74, 6) is -0.543. The average Bonchev–Trinajstić information content (AvgIpc) is 3.16. The van der Waals surface area contributed by atoms with Gasteiger partial charge in [0.05, 0.1) is 29.9 Å². The van der Waals surface area contributed by atoms with Gasteiger partial charge in [0.2, 0.25) is 0 Å². The van der Waals surface area contributed by atoms with Crippen LogP contribution >= 0.6 is 0 Å². The van der Waals surface area contributed by atoms with E-state index in [4.69, 9.17) is 33.2 Å². The van der Waals surface area contributed by atoms with Gasteiger partial charge >= 0.3 is 29.8 Å². The van der Waals surface area contributed by atoms with Crippen LogP contribution in [-0.4, -0.2) is 56.3 Å². The van der Waals surface area contributed by atoms with Gasteiger partial charge in [-0.25, -0.2) is 24.0 Å². The quantitative estimate of drug-likeness (QED) is 0.0446. The Labute approximate surface area is 300 Å². The molecule has 12 nitrogen and oxygen atoms in total. The van der Waals surface area contributed by atoms with E-state index in [1.165, 1.54) is 36.4 Å². The molecule has 12 heteroatoms. The van der Waals surface area contributed by atoms with Crippen molar-refractivity contribution in [1.82, 2.24) is 0 Å². The van der Waals surface area contributed by atoms with Crippen LogP contribution in [-0.2, 0) is 28.5 Å². The summed E-state index contributed by atoms with van der Waals surface area (Å²) in [6.45, 7) is 9.32. The Kier molecular flexibility index (Phi) is 14.5. The summed E-state index contributed by atoms with van der Waals surface area (Å²) in [5, 5.41) is 0. The Morgan fingerprint density at radius 2 is 1.02 bits per heavy atom. The standard InChI is InChI=1S/C40H38O12/c1-4-36(41)48-24-6-5-23-46-31-13-7-28(8-14-31)39(44)51-34-19-21-35(22-20-34)52-40(45)30-11-17-33(18-12-30)50-38(43)29-9-15-32(16-10-29)47-25-26-49-37(42)27(2)3/h4,7-19,21H,1-2,5-6,20,22-26H2,3H3. The van der Waals surface area contributed by atoms with Crippen LogP contribution in [0.5, 0.6) is 17.2 Å². The number of ether oxygens (including phenoxy) is 7. The minimum absolute atomic E-state index is 0.0589. The maximum absolute atomic E-state index is 12.7. The van der Waals surface area contributed by atoms with Crippen molar-refractivity contribution in [3.63, 3.8) is 0 Å². The summed E-state index contributed by atoms with van der Waals surface area (Å²) in [6.07, 6.45) is 6.30. The van der Waals surface area contributed by atoms with Gasteiger partial charge < -0.3 is 33.2 Å². The van der Waals surface area contributed by atoms with E-state index in [1.807, 2.05) is 0 Å². The molecule has 0 fully saturated rings. The third-order valence-electron chi connectivity index (χ3n) is 7.15. The van der Waals surface area contributed by atoms with Crippen LogP contribution in [0.2, 0.25) is 0 Å². The summed E-state index contributed by atoms with van der Waals surface area (Å²) < 4.78 is 37.5. The van der Waals surface area contributed by atoms with E-state index in [1.54, 1.807) is 55.5 Å². The Hall–Kier alpha value is -6.43. The highest BCUT2D eigenvalue weighted by molar-refractivity contribution is 5.92. The fourth-order valence-corrected chi connectivity index (χ4v) is 4.37. The van der Waals surface area contributed by atoms with Gasteiger partial charge in [-0.1, -0.05) is 13.2 Å². The van der Waals surface area contributed by atoms with Gasteiger partial charge in [0.15, 0.2) is 0 Å². The normalized spacial score (nSPS) is 11.9. The van der Waals surface area contributed by atoms with Gasteiger partial charge in [-0.2, -0.15) is 0 Å². The second-order valence-corrected chi connectivity index (χ2v) is 11.2. The molecule has 270 valence electrons. The van der Waals surface area contributed by atoms with Gasteiger partial charge in [-0.15, -0.1) is 0 Å². The Morgan fingerprint density at radius 3 is 1.48 bits per heavy atom. The fourth-order valence-electron chi connectivity index (χ4n) is 4.37. The van der Waals surface area contributed by atoms with Crippen molar-refractivity contribution in [2.75, 3.05) is 26.4 Å². The minimum Gasteiger partial charge on any atom is -0.494 e. The van der Waals surface area contributed by atoms with Crippen LogP contribution in [0, 0.1) is 0 Å². The van der Waals surface area contributed by atoms with E-state index >= 15 is 0 Å². The Bertz CT molecular complexity index is 1820. The molecule has 0 aliphatic heterocycles. The highest BCUT2D eigenvalue weighted by Crippen LogP contribution is 2.24. The first-order valence-corrected chi connectivity index (χ1v) is 16.3. The van der Waals surface area contributed by atoms with Crippen LogP contribution in [0.1, 0.15) is 63.7 Å². The van der Waals surface area contributed by atoms with Gasteiger partial charge in [0.1, 0.15) is 42.0 Å². The molecule has 1 aliphatic carbocycles. The zero-order chi connectivity index (χ0) is 37.3. The van der Waals surface area contributed by atoms with E-state index in [0.717, 1.165) is 6.08 Å². The maximum atomic E-state index is 12.7. The second-order valence-electron chi connectivity index (χ2n) is 11.2. The van der Waals surface area contributed by atoms with E-state index in [2.05, 4.69) is 13.2 Å². The predicted octanol–water partition coefficient (Wildman–Crippen LogP) is 6.87. The maximum Gasteiger partial charge on any atom is 0.343 e. The molecule has 4 rings (SSSR count). The van der Waals surface area contributed by atoms with Crippen molar-refractivity contribution >= 4 is 29.8 Å². The number of rotatable bonds is 18. The molecule has 3 aromatic carbocycles. The van der Waals surface area contributed by atoms with Crippen LogP contribution in [0.15, 0.2) is 121 Å². The van der Waals surface area contributed by atoms with Crippen LogP contribution < -0.4 is 14.2 Å². The highest BCUT2D eigenvalue weighted by atomic mass is 16.6. The number of carbonyl (C=O) groups is 5. The van der Waals surface area contributed by atoms with Crippen molar-refractivity contribution in [2.24, 2.45) is 0 Å². The lowest BCUT2D eigenvalue weighted by Crippen LogP contribution is -2.12. The van der Waals surface area contributed by atoms with Gasteiger partial charge in [-0.3, -0.25) is 0 Å². The molecule has 52 heavy (non-hydrogen) atoms. The molecule has 0 amide bonds. The lowest BCUT2D eigenvalue weighted by atomic mass is 10.1. The summed E-state index contributed by atoms with van der Waals surface area (Å²) in [4.78, 5) is 60.4. The fraction of sp³-hybridized carbons (Fsp3) is 0.225. The summed E-state index contributed by atoms with van der Waals surface area (Å²) in [6, 6.07) is 18.7. The van der Waals surface area contributed by atoms with E-state index in [-0.39, 0.29) is 30.1 Å². The second kappa shape index (κ2) is 19.7. The van der Waals surface area contributed by atoms with Gasteiger partial charge in [0.25, 0.3) is 0 Å². The molecule has 0 heterocycles. The molecule has 0 saturated carbocycles. The number of hydrogen-bond donors (Lipinski definition) is 0. The van der Waals surface area contributed by atoms with Crippen LogP contribution in [0.4, 0.5) is 0 Å². The van der Waals surface area contributed by atoms with Crippen molar-refractivity contribution in [1.29, 1.82) is 0 Å². The van der Waals surface area contributed by atoms with Crippen molar-refractivity contribution in [3.05, 3.63) is 138 Å². The van der Waals surface area contributed by atoms with Gasteiger partial charge in [0, 0.05) is 24.5 Å². The lowest BCUT2D eigenvalue weighted by molar-refractivity contribution is -0.140. The van der Waals surface area contributed by atoms with E-state index < -0.39 is 29.8 Å². The van der Waals surface area contributed by atoms with Crippen LogP contribution in [0.3, 0.4) is 0 Å². The molecular formula is C40H38O12. The monoisotopic (exact) mass is 710 g/mol. The summed E-state index contributed by atoms with van der Waals surface area (Å²) >= 11 is 0. The number of hydrogen-bond acceptors (Lipinski definition) is 12. The predicted molar refractivity (Wildman–Crippen MR) is 188 cm³/mol. The first-order valence-electron chi connectivity index (χ1n) is 16.3. The lowest BCUT2D eigenvalue weighted by Gasteiger charge is -2.15. The molecule has 3 aromatic rings. The molecule has 1 aliphatic rings. The van der Waals surface area contributed by atoms with Gasteiger partial charge in [-0.05, 0) is 105 Å². The smallest absolute Gasteiger partial charge is 0.343 e. The molecule has 0 saturated heterocycles. The number of benzene rings is 3. The average molecular weight is 711 g/mol. The van der Waals surface area contributed by atoms with Crippen molar-refractivity contribution in [3.8, 4) is 17.2 Å². The molecule has 0 N–H and O–H groups in total. The third-order valence-corrected chi connectivity index (χ3v) is 7.15. The zero-order valence-corrected chi connectivity index (χ0v) is 28.6. The van der Waals surface area contributed by atoms with Crippen molar-refractivity contribution in [2.45, 2.75) is 32.6 Å². The number of unbranched alkanes of at least 4 members (excludes halogenated alkanes) is 1. The van der Waals surface area contributed by atoms with E-state index in [0.29, 0.717) is 73.1 Å². The summed E-state index contributed by atoms with van der Waals surface area (Å²) in [5.41, 5.74) is 1.18. The molecule has 0 aromatic heterocycles. The Morgan fingerprint density at radius 1 is 0.577 bits per heavy atom. The third kappa shape index (κ3) is 12.5. The molecular weight excluding hydrogens is 672 g/mol.